The predicted octanol–water partition coefficient (Wildman–Crippen LogP) is 4.53. The van der Waals surface area contributed by atoms with Crippen molar-refractivity contribution < 1.29 is 14.4 Å². The number of nitrogens with zero attached hydrogens (tertiary/aromatic N) is 4. The molecular weight excluding hydrogens is 492 g/mol. The molecule has 1 heterocycles. The second-order valence-corrected chi connectivity index (χ2v) is 9.98. The number of aryl methyl sites for hydroxylation is 1. The van der Waals surface area contributed by atoms with Crippen LogP contribution in [0.5, 0.6) is 0 Å². The normalized spacial score (nSPS) is 14.2. The van der Waals surface area contributed by atoms with Crippen molar-refractivity contribution in [1.82, 2.24) is 20.3 Å². The average Bonchev–Trinajstić information content (AvgIpc) is 3.58. The topological polar surface area (TPSA) is 109 Å². The van der Waals surface area contributed by atoms with E-state index in [4.69, 9.17) is 0 Å². The van der Waals surface area contributed by atoms with Gasteiger partial charge in [-0.05, 0) is 67.3 Å². The summed E-state index contributed by atoms with van der Waals surface area (Å²) in [5.41, 5.74) is 4.20. The molecule has 0 radical (unpaired) electrons. The average molecular weight is 525 g/mol. The Morgan fingerprint density at radius 3 is 2.38 bits per heavy atom. The Kier molecular flexibility index (Phi) is 7.67. The van der Waals surface area contributed by atoms with Crippen LogP contribution in [-0.4, -0.2) is 38.8 Å². The van der Waals surface area contributed by atoms with Crippen molar-refractivity contribution in [1.29, 1.82) is 0 Å². The fourth-order valence-corrected chi connectivity index (χ4v) is 5.23. The van der Waals surface area contributed by atoms with Crippen molar-refractivity contribution >= 4 is 40.1 Å². The lowest BCUT2D eigenvalue weighted by atomic mass is 9.97. The number of benzene rings is 3. The zero-order valence-corrected chi connectivity index (χ0v) is 22.1. The van der Waals surface area contributed by atoms with E-state index in [2.05, 4.69) is 20.9 Å². The minimum absolute atomic E-state index is 0.0855. The van der Waals surface area contributed by atoms with Gasteiger partial charge in [0.05, 0.1) is 5.52 Å². The lowest BCUT2D eigenvalue weighted by Crippen LogP contribution is -2.47. The molecule has 3 aromatic carbocycles. The van der Waals surface area contributed by atoms with Gasteiger partial charge in [-0.25, -0.2) is 4.68 Å². The SMILES string of the molecule is CC(=O)Nc1ccc(N(C(=O)Cn2nnc3ccccc32)[C@@H](C(=O)NC2CCCC2)c2ccccc2C)cc1. The van der Waals surface area contributed by atoms with E-state index in [0.29, 0.717) is 16.9 Å². The van der Waals surface area contributed by atoms with Crippen molar-refractivity contribution in [3.05, 3.63) is 83.9 Å². The molecule has 0 unspecified atom stereocenters. The number of rotatable bonds is 8. The van der Waals surface area contributed by atoms with Crippen molar-refractivity contribution in [3.8, 4) is 0 Å². The van der Waals surface area contributed by atoms with Gasteiger partial charge in [-0.3, -0.25) is 19.3 Å². The van der Waals surface area contributed by atoms with Gasteiger partial charge in [0.25, 0.3) is 0 Å². The third-order valence-corrected chi connectivity index (χ3v) is 7.13. The van der Waals surface area contributed by atoms with Gasteiger partial charge in [0, 0.05) is 24.3 Å². The van der Waals surface area contributed by atoms with E-state index in [1.54, 1.807) is 33.8 Å². The first-order valence-electron chi connectivity index (χ1n) is 13.2. The fourth-order valence-electron chi connectivity index (χ4n) is 5.23. The Labute approximate surface area is 227 Å². The minimum atomic E-state index is -0.902. The van der Waals surface area contributed by atoms with Gasteiger partial charge in [-0.1, -0.05) is 54.5 Å². The second-order valence-electron chi connectivity index (χ2n) is 9.98. The first-order valence-corrected chi connectivity index (χ1v) is 13.2. The molecule has 4 aromatic rings. The number of hydrogen-bond donors (Lipinski definition) is 2. The Morgan fingerprint density at radius 2 is 1.67 bits per heavy atom. The van der Waals surface area contributed by atoms with Crippen molar-refractivity contribution in [3.63, 3.8) is 0 Å². The van der Waals surface area contributed by atoms with E-state index in [-0.39, 0.29) is 30.3 Å². The number of fused-ring (bicyclic) bond motifs is 1. The Bertz CT molecular complexity index is 1490. The van der Waals surface area contributed by atoms with Crippen LogP contribution in [0.3, 0.4) is 0 Å². The van der Waals surface area contributed by atoms with Crippen LogP contribution in [-0.2, 0) is 20.9 Å². The summed E-state index contributed by atoms with van der Waals surface area (Å²) >= 11 is 0. The summed E-state index contributed by atoms with van der Waals surface area (Å²) in [6.45, 7) is 3.28. The minimum Gasteiger partial charge on any atom is -0.351 e. The van der Waals surface area contributed by atoms with Crippen LogP contribution in [0.15, 0.2) is 72.8 Å². The third-order valence-electron chi connectivity index (χ3n) is 7.13. The number of para-hydroxylation sites is 1. The van der Waals surface area contributed by atoms with E-state index >= 15 is 0 Å². The highest BCUT2D eigenvalue weighted by Crippen LogP contribution is 2.32. The van der Waals surface area contributed by atoms with Gasteiger partial charge in [-0.2, -0.15) is 0 Å². The quantitative estimate of drug-likeness (QED) is 0.352. The summed E-state index contributed by atoms with van der Waals surface area (Å²) in [6.07, 6.45) is 4.01. The highest BCUT2D eigenvalue weighted by atomic mass is 16.2. The molecule has 1 aliphatic rings. The summed E-state index contributed by atoms with van der Waals surface area (Å²) in [5.74, 6) is -0.728. The van der Waals surface area contributed by atoms with Crippen LogP contribution in [0, 0.1) is 6.92 Å². The smallest absolute Gasteiger partial charge is 0.249 e. The first-order chi connectivity index (χ1) is 18.9. The van der Waals surface area contributed by atoms with E-state index in [9.17, 15) is 14.4 Å². The van der Waals surface area contributed by atoms with E-state index < -0.39 is 6.04 Å². The van der Waals surface area contributed by atoms with Crippen LogP contribution < -0.4 is 15.5 Å². The monoisotopic (exact) mass is 524 g/mol. The predicted molar refractivity (Wildman–Crippen MR) is 150 cm³/mol. The largest absolute Gasteiger partial charge is 0.351 e. The standard InChI is InChI=1S/C30H32N6O3/c1-20-9-3-6-12-25(20)29(30(39)32-22-10-4-5-11-22)36(24-17-15-23(16-18-24)31-21(2)37)28(38)19-35-27-14-8-7-13-26(27)33-34-35/h3,6-9,12-18,22,29H,4-5,10-11,19H2,1-2H3,(H,31,37)(H,32,39)/t29-/m1/s1. The zero-order valence-electron chi connectivity index (χ0n) is 22.1. The molecule has 1 atom stereocenters. The lowest BCUT2D eigenvalue weighted by molar-refractivity contribution is -0.127. The van der Waals surface area contributed by atoms with Gasteiger partial charge in [0.2, 0.25) is 17.7 Å². The molecule has 0 bridgehead atoms. The molecule has 0 saturated heterocycles. The third kappa shape index (κ3) is 5.82. The molecule has 39 heavy (non-hydrogen) atoms. The summed E-state index contributed by atoms with van der Waals surface area (Å²) in [4.78, 5) is 41.3. The second kappa shape index (κ2) is 11.5. The Morgan fingerprint density at radius 1 is 0.974 bits per heavy atom. The number of amides is 3. The molecule has 5 rings (SSSR count). The molecule has 9 nitrogen and oxygen atoms in total. The molecule has 2 N–H and O–H groups in total. The Hall–Kier alpha value is -4.53. The molecule has 0 spiro atoms. The molecule has 1 saturated carbocycles. The summed E-state index contributed by atoms with van der Waals surface area (Å²) in [5, 5.41) is 14.4. The van der Waals surface area contributed by atoms with Gasteiger partial charge in [-0.15, -0.1) is 5.10 Å². The summed E-state index contributed by atoms with van der Waals surface area (Å²) in [6, 6.07) is 21.2. The molecular formula is C30H32N6O3. The van der Waals surface area contributed by atoms with E-state index in [1.165, 1.54) is 6.92 Å². The summed E-state index contributed by atoms with van der Waals surface area (Å²) < 4.78 is 1.56. The zero-order chi connectivity index (χ0) is 27.4. The van der Waals surface area contributed by atoms with Gasteiger partial charge in [0.1, 0.15) is 18.1 Å². The van der Waals surface area contributed by atoms with Gasteiger partial charge in [0.15, 0.2) is 0 Å². The van der Waals surface area contributed by atoms with Crippen LogP contribution in [0.2, 0.25) is 0 Å². The highest BCUT2D eigenvalue weighted by molar-refractivity contribution is 6.02. The molecule has 3 amide bonds. The van der Waals surface area contributed by atoms with Crippen LogP contribution in [0.1, 0.15) is 49.8 Å². The van der Waals surface area contributed by atoms with Crippen LogP contribution >= 0.6 is 0 Å². The van der Waals surface area contributed by atoms with Crippen molar-refractivity contribution in [2.24, 2.45) is 0 Å². The number of anilines is 2. The molecule has 1 aliphatic carbocycles. The number of hydrogen-bond acceptors (Lipinski definition) is 5. The molecule has 1 aromatic heterocycles. The molecule has 200 valence electrons. The number of aromatic nitrogens is 3. The Balaban J connectivity index is 1.58. The van der Waals surface area contributed by atoms with Crippen LogP contribution in [0.25, 0.3) is 11.0 Å². The lowest BCUT2D eigenvalue weighted by Gasteiger charge is -2.33. The van der Waals surface area contributed by atoms with Crippen molar-refractivity contribution in [2.75, 3.05) is 10.2 Å². The molecule has 0 aliphatic heterocycles. The first kappa shape index (κ1) is 26.1. The van der Waals surface area contributed by atoms with Crippen LogP contribution in [0.4, 0.5) is 11.4 Å². The maximum Gasteiger partial charge on any atom is 0.249 e. The van der Waals surface area contributed by atoms with E-state index in [0.717, 1.165) is 42.3 Å². The molecule has 1 fully saturated rings. The number of carbonyl (C=O) groups is 3. The van der Waals surface area contributed by atoms with Gasteiger partial charge >= 0.3 is 0 Å². The fraction of sp³-hybridized carbons (Fsp3) is 0.300. The van der Waals surface area contributed by atoms with Crippen molar-refractivity contribution in [2.45, 2.75) is 58.2 Å². The maximum absolute atomic E-state index is 14.2. The maximum atomic E-state index is 14.2. The van der Waals surface area contributed by atoms with E-state index in [1.807, 2.05) is 55.5 Å². The molecule has 9 heteroatoms. The number of carbonyl (C=O) groups excluding carboxylic acids is 3. The number of nitrogens with one attached hydrogen (secondary N) is 2. The highest BCUT2D eigenvalue weighted by Gasteiger charge is 2.35. The van der Waals surface area contributed by atoms with Gasteiger partial charge < -0.3 is 10.6 Å². The summed E-state index contributed by atoms with van der Waals surface area (Å²) in [7, 11) is 0.